The first kappa shape index (κ1) is 21.7. The molecular weight excluding hydrogens is 380 g/mol. The van der Waals surface area contributed by atoms with Crippen molar-refractivity contribution in [2.75, 3.05) is 30.5 Å². The minimum atomic E-state index is -0.424. The molecule has 1 N–H and O–H groups in total. The third-order valence-electron chi connectivity index (χ3n) is 5.56. The van der Waals surface area contributed by atoms with E-state index in [9.17, 15) is 9.59 Å². The number of amides is 2. The Morgan fingerprint density at radius 2 is 2.03 bits per heavy atom. The summed E-state index contributed by atoms with van der Waals surface area (Å²) in [7, 11) is 1.58. The molecule has 3 rings (SSSR count). The van der Waals surface area contributed by atoms with E-state index in [1.807, 2.05) is 32.0 Å². The van der Waals surface area contributed by atoms with Gasteiger partial charge < -0.3 is 19.7 Å². The van der Waals surface area contributed by atoms with E-state index < -0.39 is 5.92 Å². The molecule has 1 heterocycles. The van der Waals surface area contributed by atoms with E-state index in [0.29, 0.717) is 30.3 Å². The number of carbonyl (C=O) groups is 2. The summed E-state index contributed by atoms with van der Waals surface area (Å²) in [6, 6.07) is 11.2. The zero-order valence-electron chi connectivity index (χ0n) is 18.2. The number of carbonyl (C=O) groups excluding carboxylic acids is 2. The molecule has 0 bridgehead atoms. The molecular formula is C24H30N2O4. The molecule has 1 atom stereocenters. The normalized spacial score (nSPS) is 15.9. The maximum absolute atomic E-state index is 13.0. The molecule has 1 fully saturated rings. The van der Waals surface area contributed by atoms with Crippen LogP contribution in [0.15, 0.2) is 36.4 Å². The molecule has 0 aromatic heterocycles. The molecule has 2 aromatic rings. The van der Waals surface area contributed by atoms with Gasteiger partial charge in [-0.1, -0.05) is 25.5 Å². The number of rotatable bonds is 8. The smallest absolute Gasteiger partial charge is 0.229 e. The largest absolute Gasteiger partial charge is 0.497 e. The van der Waals surface area contributed by atoms with E-state index in [0.717, 1.165) is 29.7 Å². The summed E-state index contributed by atoms with van der Waals surface area (Å²) < 4.78 is 11.1. The number of anilines is 2. The van der Waals surface area contributed by atoms with Crippen LogP contribution < -0.4 is 19.7 Å². The number of benzene rings is 2. The minimum absolute atomic E-state index is 0.0334. The minimum Gasteiger partial charge on any atom is -0.497 e. The molecule has 1 saturated heterocycles. The van der Waals surface area contributed by atoms with E-state index in [1.54, 1.807) is 30.2 Å². The quantitative estimate of drug-likeness (QED) is 0.652. The Morgan fingerprint density at radius 1 is 1.23 bits per heavy atom. The lowest BCUT2D eigenvalue weighted by Crippen LogP contribution is -2.28. The summed E-state index contributed by atoms with van der Waals surface area (Å²) in [4.78, 5) is 27.4. The van der Waals surface area contributed by atoms with Crippen LogP contribution in [0.25, 0.3) is 0 Å². The number of nitrogens with zero attached hydrogens (tertiary/aromatic N) is 1. The predicted octanol–water partition coefficient (Wildman–Crippen LogP) is 4.48. The van der Waals surface area contributed by atoms with Gasteiger partial charge in [0.05, 0.1) is 25.3 Å². The van der Waals surface area contributed by atoms with E-state index >= 15 is 0 Å². The van der Waals surface area contributed by atoms with Gasteiger partial charge in [0.1, 0.15) is 11.5 Å². The van der Waals surface area contributed by atoms with E-state index in [4.69, 9.17) is 9.47 Å². The molecule has 0 radical (unpaired) electrons. The Bertz CT molecular complexity index is 925. The highest BCUT2D eigenvalue weighted by Crippen LogP contribution is 2.33. The van der Waals surface area contributed by atoms with Crippen LogP contribution in [0.4, 0.5) is 11.4 Å². The van der Waals surface area contributed by atoms with E-state index in [1.165, 1.54) is 0 Å². The zero-order valence-corrected chi connectivity index (χ0v) is 18.2. The number of nitrogens with one attached hydrogen (secondary N) is 1. The highest BCUT2D eigenvalue weighted by atomic mass is 16.5. The lowest BCUT2D eigenvalue weighted by molar-refractivity contribution is -0.122. The van der Waals surface area contributed by atoms with Crippen LogP contribution in [0.2, 0.25) is 0 Å². The van der Waals surface area contributed by atoms with Crippen molar-refractivity contribution < 1.29 is 19.1 Å². The highest BCUT2D eigenvalue weighted by molar-refractivity contribution is 6.04. The topological polar surface area (TPSA) is 67.9 Å². The first-order valence-electron chi connectivity index (χ1n) is 10.4. The highest BCUT2D eigenvalue weighted by Gasteiger charge is 2.36. The van der Waals surface area contributed by atoms with Crippen LogP contribution >= 0.6 is 0 Å². The average Bonchev–Trinajstić information content (AvgIpc) is 3.12. The van der Waals surface area contributed by atoms with Crippen molar-refractivity contribution in [2.45, 2.75) is 40.0 Å². The van der Waals surface area contributed by atoms with Crippen LogP contribution in [0, 0.1) is 19.8 Å². The monoisotopic (exact) mass is 410 g/mol. The van der Waals surface area contributed by atoms with Crippen LogP contribution in [0.1, 0.15) is 37.3 Å². The third kappa shape index (κ3) is 4.75. The Balaban J connectivity index is 1.75. The second kappa shape index (κ2) is 9.65. The van der Waals surface area contributed by atoms with Crippen LogP contribution in [-0.2, 0) is 9.59 Å². The molecule has 0 spiro atoms. The number of aryl methyl sites for hydroxylation is 1. The molecule has 1 unspecified atom stereocenters. The fourth-order valence-electron chi connectivity index (χ4n) is 3.56. The maximum atomic E-state index is 13.0. The van der Waals surface area contributed by atoms with Gasteiger partial charge in [-0.15, -0.1) is 0 Å². The van der Waals surface area contributed by atoms with Crippen molar-refractivity contribution in [2.24, 2.45) is 5.92 Å². The summed E-state index contributed by atoms with van der Waals surface area (Å²) in [6.07, 6.45) is 2.15. The van der Waals surface area contributed by atoms with Crippen LogP contribution in [0.3, 0.4) is 0 Å². The molecule has 1 aliphatic rings. The second-order valence-corrected chi connectivity index (χ2v) is 7.68. The zero-order chi connectivity index (χ0) is 21.7. The number of ether oxygens (including phenoxy) is 2. The summed E-state index contributed by atoms with van der Waals surface area (Å²) in [6.45, 7) is 7.06. The molecule has 6 nitrogen and oxygen atoms in total. The van der Waals surface area contributed by atoms with Crippen molar-refractivity contribution in [3.8, 4) is 11.5 Å². The van der Waals surface area contributed by atoms with Crippen molar-refractivity contribution in [3.05, 3.63) is 47.5 Å². The maximum Gasteiger partial charge on any atom is 0.229 e. The second-order valence-electron chi connectivity index (χ2n) is 7.68. The van der Waals surface area contributed by atoms with Gasteiger partial charge in [-0.2, -0.15) is 0 Å². The first-order valence-corrected chi connectivity index (χ1v) is 10.4. The Labute approximate surface area is 178 Å². The van der Waals surface area contributed by atoms with Crippen molar-refractivity contribution in [1.82, 2.24) is 0 Å². The van der Waals surface area contributed by atoms with E-state index in [-0.39, 0.29) is 18.2 Å². The SMILES string of the molecule is CCCCOc1ccc(OC)cc1NC(=O)C1CC(=O)N(c2cccc(C)c2C)C1. The molecule has 2 aromatic carbocycles. The Hall–Kier alpha value is -3.02. The van der Waals surface area contributed by atoms with Gasteiger partial charge in [-0.05, 0) is 49.6 Å². The molecule has 0 aliphatic carbocycles. The predicted molar refractivity (Wildman–Crippen MR) is 118 cm³/mol. The van der Waals surface area contributed by atoms with Gasteiger partial charge in [0.2, 0.25) is 11.8 Å². The summed E-state index contributed by atoms with van der Waals surface area (Å²) in [5.41, 5.74) is 3.62. The lowest BCUT2D eigenvalue weighted by Gasteiger charge is -2.20. The van der Waals surface area contributed by atoms with Gasteiger partial charge in [0, 0.05) is 24.7 Å². The molecule has 160 valence electrons. The van der Waals surface area contributed by atoms with Crippen molar-refractivity contribution in [1.29, 1.82) is 0 Å². The molecule has 30 heavy (non-hydrogen) atoms. The van der Waals surface area contributed by atoms with Gasteiger partial charge in [-0.25, -0.2) is 0 Å². The standard InChI is InChI=1S/C24H30N2O4/c1-5-6-12-30-22-11-10-19(29-4)14-20(22)25-24(28)18-13-23(27)26(15-18)21-9-7-8-16(2)17(21)3/h7-11,14,18H,5-6,12-13,15H2,1-4H3,(H,25,28). The molecule has 6 heteroatoms. The van der Waals surface area contributed by atoms with E-state index in [2.05, 4.69) is 12.2 Å². The Kier molecular flexibility index (Phi) is 6.98. The Morgan fingerprint density at radius 3 is 2.77 bits per heavy atom. The lowest BCUT2D eigenvalue weighted by atomic mass is 10.1. The summed E-state index contributed by atoms with van der Waals surface area (Å²) in [5.74, 6) is 0.590. The van der Waals surface area contributed by atoms with Crippen molar-refractivity contribution in [3.63, 3.8) is 0 Å². The third-order valence-corrected chi connectivity index (χ3v) is 5.56. The fourth-order valence-corrected chi connectivity index (χ4v) is 3.56. The van der Waals surface area contributed by atoms with Gasteiger partial charge >= 0.3 is 0 Å². The van der Waals surface area contributed by atoms with Crippen molar-refractivity contribution >= 4 is 23.2 Å². The molecule has 2 amide bonds. The average molecular weight is 411 g/mol. The summed E-state index contributed by atoms with van der Waals surface area (Å²) >= 11 is 0. The fraction of sp³-hybridized carbons (Fsp3) is 0.417. The number of unbranched alkanes of at least 4 members (excludes halogenated alkanes) is 1. The molecule has 0 saturated carbocycles. The van der Waals surface area contributed by atoms with Gasteiger partial charge in [-0.3, -0.25) is 9.59 Å². The molecule has 1 aliphatic heterocycles. The van der Waals surface area contributed by atoms with Gasteiger partial charge in [0.15, 0.2) is 0 Å². The van der Waals surface area contributed by atoms with Gasteiger partial charge in [0.25, 0.3) is 0 Å². The number of hydrogen-bond acceptors (Lipinski definition) is 4. The summed E-state index contributed by atoms with van der Waals surface area (Å²) in [5, 5.41) is 2.95. The number of hydrogen-bond donors (Lipinski definition) is 1. The van der Waals surface area contributed by atoms with Crippen LogP contribution in [0.5, 0.6) is 11.5 Å². The van der Waals surface area contributed by atoms with Crippen LogP contribution in [-0.4, -0.2) is 32.1 Å². The first-order chi connectivity index (χ1) is 14.4. The number of methoxy groups -OCH3 is 1.